The normalized spacial score (nSPS) is 14.4. The van der Waals surface area contributed by atoms with Crippen molar-refractivity contribution in [3.05, 3.63) is 86.1 Å². The number of nitrogens with one attached hydrogen (secondary N) is 1. The van der Waals surface area contributed by atoms with Gasteiger partial charge in [-0.1, -0.05) is 11.6 Å². The van der Waals surface area contributed by atoms with Crippen LogP contribution in [0.3, 0.4) is 0 Å². The smallest absolute Gasteiger partial charge is 0.337 e. The summed E-state index contributed by atoms with van der Waals surface area (Å²) in [6.07, 6.45) is 4.48. The summed E-state index contributed by atoms with van der Waals surface area (Å²) in [5, 5.41) is 24.7. The summed E-state index contributed by atoms with van der Waals surface area (Å²) in [6, 6.07) is 8.62. The number of aromatic carboxylic acids is 1. The number of benzene rings is 1. The molecule has 1 aliphatic heterocycles. The van der Waals surface area contributed by atoms with Crippen molar-refractivity contribution in [1.82, 2.24) is 34.7 Å². The maximum atomic E-state index is 13.3. The highest BCUT2D eigenvalue weighted by Gasteiger charge is 2.28. The van der Waals surface area contributed by atoms with Crippen LogP contribution in [0.5, 0.6) is 0 Å². The Labute approximate surface area is 218 Å². The minimum Gasteiger partial charge on any atom is -0.478 e. The molecule has 0 saturated heterocycles. The molecular weight excluding hydrogens is 525 g/mol. The predicted octanol–water partition coefficient (Wildman–Crippen LogP) is 4.25. The SMILES string of the molecule is Cl.O=C(O)c1cscc1-c1cnc([C@@H]2CCc3cc(-c4cc(Cl)ccc4-n4cnnn4)cc(=O)n32)[nH]1. The zero-order chi connectivity index (χ0) is 24.1. The van der Waals surface area contributed by atoms with Gasteiger partial charge in [-0.25, -0.2) is 9.78 Å². The van der Waals surface area contributed by atoms with Crippen LogP contribution < -0.4 is 5.56 Å². The average Bonchev–Trinajstić information content (AvgIpc) is 3.64. The van der Waals surface area contributed by atoms with Gasteiger partial charge in [0, 0.05) is 38.7 Å². The first-order chi connectivity index (χ1) is 17.0. The Balaban J connectivity index is 0.00000267. The number of carboxylic acid groups (broad SMARTS) is 1. The molecule has 10 nitrogen and oxygen atoms in total. The van der Waals surface area contributed by atoms with Crippen molar-refractivity contribution < 1.29 is 9.90 Å². The summed E-state index contributed by atoms with van der Waals surface area (Å²) in [4.78, 5) is 32.5. The van der Waals surface area contributed by atoms with Gasteiger partial charge in [-0.2, -0.15) is 16.0 Å². The first-order valence-corrected chi connectivity index (χ1v) is 11.9. The maximum Gasteiger partial charge on any atom is 0.337 e. The lowest BCUT2D eigenvalue weighted by atomic mass is 10.0. The number of thiophene rings is 1. The third kappa shape index (κ3) is 4.00. The van der Waals surface area contributed by atoms with Gasteiger partial charge in [-0.3, -0.25) is 4.79 Å². The van der Waals surface area contributed by atoms with Gasteiger partial charge in [-0.15, -0.1) is 17.5 Å². The van der Waals surface area contributed by atoms with Crippen LogP contribution in [0.15, 0.2) is 58.4 Å². The van der Waals surface area contributed by atoms with E-state index < -0.39 is 5.97 Å². The Morgan fingerprint density at radius 3 is 2.83 bits per heavy atom. The largest absolute Gasteiger partial charge is 0.478 e. The van der Waals surface area contributed by atoms with Crippen molar-refractivity contribution in [2.45, 2.75) is 18.9 Å². The number of imidazole rings is 1. The Kier molecular flexibility index (Phi) is 6.20. The maximum absolute atomic E-state index is 13.3. The lowest BCUT2D eigenvalue weighted by Crippen LogP contribution is -2.23. The van der Waals surface area contributed by atoms with Crippen LogP contribution in [-0.4, -0.2) is 45.8 Å². The van der Waals surface area contributed by atoms with E-state index in [-0.39, 0.29) is 29.6 Å². The fourth-order valence-corrected chi connectivity index (χ4v) is 5.53. The highest BCUT2D eigenvalue weighted by Crippen LogP contribution is 2.35. The standard InChI is InChI=1S/C23H16ClN7O3S.ClH/c24-13-1-3-19(30-11-26-28-29-30)15(7-13)12-5-14-2-4-20(31(14)21(32)6-12)22-25-8-18(27-22)16-9-35-10-17(16)23(33)34;/h1,3,5-11,20H,2,4H2,(H,25,27)(H,33,34);1H/t20-;/m0./s1. The highest BCUT2D eigenvalue weighted by atomic mass is 35.5. The number of pyridine rings is 1. The highest BCUT2D eigenvalue weighted by molar-refractivity contribution is 7.08. The van der Waals surface area contributed by atoms with Gasteiger partial charge in [0.25, 0.3) is 5.56 Å². The molecule has 6 rings (SSSR count). The Morgan fingerprint density at radius 2 is 2.06 bits per heavy atom. The minimum atomic E-state index is -0.991. The lowest BCUT2D eigenvalue weighted by Gasteiger charge is -2.15. The molecule has 4 aromatic heterocycles. The number of halogens is 2. The molecule has 36 heavy (non-hydrogen) atoms. The summed E-state index contributed by atoms with van der Waals surface area (Å²) < 4.78 is 3.26. The topological polar surface area (TPSA) is 132 Å². The molecule has 0 aliphatic carbocycles. The third-order valence-electron chi connectivity index (χ3n) is 6.09. The predicted molar refractivity (Wildman–Crippen MR) is 136 cm³/mol. The first kappa shape index (κ1) is 23.9. The number of aryl methyl sites for hydroxylation is 1. The summed E-state index contributed by atoms with van der Waals surface area (Å²) >= 11 is 7.59. The Morgan fingerprint density at radius 1 is 1.19 bits per heavy atom. The molecule has 13 heteroatoms. The molecule has 0 fully saturated rings. The van der Waals surface area contributed by atoms with Crippen LogP contribution >= 0.6 is 35.3 Å². The van der Waals surface area contributed by atoms with Crippen LogP contribution in [0.4, 0.5) is 0 Å². The number of fused-ring (bicyclic) bond motifs is 1. The van der Waals surface area contributed by atoms with E-state index in [2.05, 4.69) is 25.5 Å². The van der Waals surface area contributed by atoms with Crippen LogP contribution in [0.2, 0.25) is 5.02 Å². The van der Waals surface area contributed by atoms with E-state index in [1.54, 1.807) is 39.7 Å². The van der Waals surface area contributed by atoms with Crippen LogP contribution in [-0.2, 0) is 6.42 Å². The van der Waals surface area contributed by atoms with Crippen molar-refractivity contribution in [2.75, 3.05) is 0 Å². The monoisotopic (exact) mass is 541 g/mol. The number of nitrogens with zero attached hydrogens (tertiary/aromatic N) is 6. The Hall–Kier alpha value is -3.80. The van der Waals surface area contributed by atoms with Gasteiger partial charge in [0.1, 0.15) is 12.2 Å². The van der Waals surface area contributed by atoms with Gasteiger partial charge in [0.2, 0.25) is 0 Å². The molecule has 0 spiro atoms. The lowest BCUT2D eigenvalue weighted by molar-refractivity contribution is 0.0698. The molecule has 2 N–H and O–H groups in total. The van der Waals surface area contributed by atoms with Crippen LogP contribution in [0.25, 0.3) is 28.1 Å². The molecule has 0 amide bonds. The van der Waals surface area contributed by atoms with Crippen LogP contribution in [0.1, 0.15) is 34.3 Å². The van der Waals surface area contributed by atoms with E-state index in [9.17, 15) is 14.7 Å². The second-order valence-corrected chi connectivity index (χ2v) is 9.28. The van der Waals surface area contributed by atoms with Crippen molar-refractivity contribution in [1.29, 1.82) is 0 Å². The average molecular weight is 542 g/mol. The third-order valence-corrected chi connectivity index (χ3v) is 7.07. The van der Waals surface area contributed by atoms with Crippen molar-refractivity contribution >= 4 is 41.3 Å². The number of carboxylic acids is 1. The Bertz CT molecular complexity index is 1640. The first-order valence-electron chi connectivity index (χ1n) is 10.6. The number of aromatic amines is 1. The van der Waals surface area contributed by atoms with Crippen molar-refractivity contribution in [3.63, 3.8) is 0 Å². The molecule has 0 radical (unpaired) electrons. The summed E-state index contributed by atoms with van der Waals surface area (Å²) in [5.41, 5.74) is 4.30. The van der Waals surface area contributed by atoms with Crippen molar-refractivity contribution in [3.8, 4) is 28.1 Å². The minimum absolute atomic E-state index is 0. The number of H-pyrrole nitrogens is 1. The number of tetrazole rings is 1. The molecule has 182 valence electrons. The number of hydrogen-bond donors (Lipinski definition) is 2. The van der Waals surface area contributed by atoms with E-state index in [0.29, 0.717) is 40.6 Å². The number of aromatic nitrogens is 7. The van der Waals surface area contributed by atoms with Gasteiger partial charge in [0.15, 0.2) is 0 Å². The van der Waals surface area contributed by atoms with Gasteiger partial charge in [0.05, 0.1) is 29.2 Å². The van der Waals surface area contributed by atoms with E-state index in [1.807, 2.05) is 12.1 Å². The summed E-state index contributed by atoms with van der Waals surface area (Å²) in [5.74, 6) is -0.373. The molecule has 1 atom stereocenters. The second-order valence-electron chi connectivity index (χ2n) is 8.10. The molecule has 5 aromatic rings. The zero-order valence-electron chi connectivity index (χ0n) is 18.3. The number of rotatable bonds is 5. The summed E-state index contributed by atoms with van der Waals surface area (Å²) in [7, 11) is 0. The van der Waals surface area contributed by atoms with E-state index in [4.69, 9.17) is 11.6 Å². The van der Waals surface area contributed by atoms with E-state index in [1.165, 1.54) is 22.3 Å². The zero-order valence-corrected chi connectivity index (χ0v) is 20.7. The second kappa shape index (κ2) is 9.34. The molecule has 1 aromatic carbocycles. The fourth-order valence-electron chi connectivity index (χ4n) is 4.53. The van der Waals surface area contributed by atoms with Gasteiger partial charge in [-0.05, 0) is 53.1 Å². The van der Waals surface area contributed by atoms with Crippen molar-refractivity contribution in [2.24, 2.45) is 0 Å². The molecule has 5 heterocycles. The van der Waals surface area contributed by atoms with E-state index in [0.717, 1.165) is 16.8 Å². The molecule has 0 unspecified atom stereocenters. The summed E-state index contributed by atoms with van der Waals surface area (Å²) in [6.45, 7) is 0. The molecule has 0 saturated carbocycles. The number of hydrogen-bond acceptors (Lipinski definition) is 7. The molecular formula is C23H17Cl2N7O3S. The molecule has 0 bridgehead atoms. The quantitative estimate of drug-likeness (QED) is 0.339. The van der Waals surface area contributed by atoms with Crippen LogP contribution in [0, 0.1) is 0 Å². The van der Waals surface area contributed by atoms with Gasteiger partial charge < -0.3 is 14.7 Å². The fraction of sp³-hybridized carbons (Fsp3) is 0.130. The molecule has 1 aliphatic rings. The van der Waals surface area contributed by atoms with Gasteiger partial charge >= 0.3 is 5.97 Å². The number of carbonyl (C=O) groups is 1. The van der Waals surface area contributed by atoms with E-state index >= 15 is 0 Å².